The van der Waals surface area contributed by atoms with Crippen LogP contribution in [0.4, 0.5) is 8.78 Å². The molecule has 4 nitrogen and oxygen atoms in total. The molecule has 2 rings (SSSR count). The van der Waals surface area contributed by atoms with Crippen LogP contribution in [-0.2, 0) is 16.4 Å². The van der Waals surface area contributed by atoms with Crippen LogP contribution >= 0.6 is 0 Å². The Morgan fingerprint density at radius 1 is 1.24 bits per heavy atom. The van der Waals surface area contributed by atoms with E-state index >= 15 is 0 Å². The minimum absolute atomic E-state index is 0.154. The second-order valence-electron chi connectivity index (χ2n) is 7.00. The van der Waals surface area contributed by atoms with Gasteiger partial charge in [0.05, 0.1) is 5.75 Å². The number of hydrogen-bond donors (Lipinski definition) is 0. The lowest BCUT2D eigenvalue weighted by Gasteiger charge is -2.33. The summed E-state index contributed by atoms with van der Waals surface area (Å²) in [6.45, 7) is 2.59. The van der Waals surface area contributed by atoms with Crippen molar-refractivity contribution in [2.75, 3.05) is 39.5 Å². The molecule has 142 valence electrons. The maximum atomic E-state index is 13.7. The summed E-state index contributed by atoms with van der Waals surface area (Å²) in [4.78, 5) is 2.27. The van der Waals surface area contributed by atoms with Gasteiger partial charge in [0.15, 0.2) is 0 Å². The van der Waals surface area contributed by atoms with Gasteiger partial charge in [-0.15, -0.1) is 0 Å². The van der Waals surface area contributed by atoms with Crippen LogP contribution in [-0.4, -0.2) is 57.1 Å². The molecule has 0 N–H and O–H groups in total. The Morgan fingerprint density at radius 2 is 1.92 bits per heavy atom. The van der Waals surface area contributed by atoms with Gasteiger partial charge >= 0.3 is 0 Å². The zero-order valence-corrected chi connectivity index (χ0v) is 15.9. The molecule has 1 saturated heterocycles. The fourth-order valence-corrected chi connectivity index (χ4v) is 4.22. The Balaban J connectivity index is 1.79. The lowest BCUT2D eigenvalue weighted by molar-refractivity contribution is 0.169. The van der Waals surface area contributed by atoms with Crippen molar-refractivity contribution in [3.63, 3.8) is 0 Å². The van der Waals surface area contributed by atoms with Crippen molar-refractivity contribution in [3.05, 3.63) is 35.4 Å². The highest BCUT2D eigenvalue weighted by molar-refractivity contribution is 7.89. The van der Waals surface area contributed by atoms with E-state index in [0.29, 0.717) is 18.8 Å². The van der Waals surface area contributed by atoms with Gasteiger partial charge < -0.3 is 4.90 Å². The summed E-state index contributed by atoms with van der Waals surface area (Å²) in [6, 6.07) is 3.99. The summed E-state index contributed by atoms with van der Waals surface area (Å²) >= 11 is 0. The van der Waals surface area contributed by atoms with Gasteiger partial charge in [0.1, 0.15) is 11.6 Å². The molecule has 1 aliphatic heterocycles. The number of nitrogens with zero attached hydrogens (tertiary/aromatic N) is 2. The number of rotatable bonds is 8. The first kappa shape index (κ1) is 20.3. The van der Waals surface area contributed by atoms with Crippen LogP contribution in [0.25, 0.3) is 0 Å². The van der Waals surface area contributed by atoms with Gasteiger partial charge in [-0.3, -0.25) is 0 Å². The number of benzene rings is 1. The Hall–Kier alpha value is -1.05. The highest BCUT2D eigenvalue weighted by Gasteiger charge is 2.21. The van der Waals surface area contributed by atoms with E-state index in [4.69, 9.17) is 0 Å². The third-order valence-corrected chi connectivity index (χ3v) is 6.82. The average Bonchev–Trinajstić information content (AvgIpc) is 2.54. The van der Waals surface area contributed by atoms with Gasteiger partial charge in [-0.1, -0.05) is 6.07 Å². The zero-order chi connectivity index (χ0) is 18.4. The quantitative estimate of drug-likeness (QED) is 0.703. The smallest absolute Gasteiger partial charge is 0.213 e. The van der Waals surface area contributed by atoms with Crippen LogP contribution in [0.2, 0.25) is 0 Å². The van der Waals surface area contributed by atoms with Gasteiger partial charge in [0.2, 0.25) is 10.0 Å². The van der Waals surface area contributed by atoms with Gasteiger partial charge in [0, 0.05) is 26.2 Å². The largest absolute Gasteiger partial charge is 0.303 e. The van der Waals surface area contributed by atoms with Crippen molar-refractivity contribution in [1.82, 2.24) is 9.21 Å². The van der Waals surface area contributed by atoms with E-state index in [9.17, 15) is 17.2 Å². The van der Waals surface area contributed by atoms with Crippen LogP contribution in [0.5, 0.6) is 0 Å². The molecule has 1 aromatic carbocycles. The third kappa shape index (κ3) is 6.01. The molecule has 1 fully saturated rings. The van der Waals surface area contributed by atoms with Crippen molar-refractivity contribution in [3.8, 4) is 0 Å². The predicted octanol–water partition coefficient (Wildman–Crippen LogP) is 2.89. The first-order valence-electron chi connectivity index (χ1n) is 8.85. The third-order valence-electron chi connectivity index (χ3n) is 4.90. The molecular weight excluding hydrogens is 346 g/mol. The molecule has 25 heavy (non-hydrogen) atoms. The summed E-state index contributed by atoms with van der Waals surface area (Å²) in [5.41, 5.74) is 0.177. The minimum atomic E-state index is -3.14. The summed E-state index contributed by atoms with van der Waals surface area (Å²) in [7, 11) is -0.0456. The van der Waals surface area contributed by atoms with Crippen molar-refractivity contribution in [1.29, 1.82) is 0 Å². The molecule has 1 aromatic rings. The second kappa shape index (κ2) is 9.05. The minimum Gasteiger partial charge on any atom is -0.303 e. The molecule has 1 aliphatic rings. The van der Waals surface area contributed by atoms with E-state index in [1.807, 2.05) is 0 Å². The van der Waals surface area contributed by atoms with Crippen molar-refractivity contribution in [2.24, 2.45) is 5.92 Å². The molecule has 1 atom stereocenters. The molecule has 0 aliphatic carbocycles. The Kier molecular flexibility index (Phi) is 7.34. The predicted molar refractivity (Wildman–Crippen MR) is 95.9 cm³/mol. The molecule has 7 heteroatoms. The van der Waals surface area contributed by atoms with Gasteiger partial charge in [-0.25, -0.2) is 21.5 Å². The number of sulfonamides is 1. The number of likely N-dealkylation sites (tertiary alicyclic amines) is 1. The maximum absolute atomic E-state index is 13.7. The van der Waals surface area contributed by atoms with Gasteiger partial charge in [-0.2, -0.15) is 0 Å². The average molecular weight is 374 g/mol. The maximum Gasteiger partial charge on any atom is 0.213 e. The second-order valence-corrected chi connectivity index (χ2v) is 9.30. The number of piperidine rings is 1. The van der Waals surface area contributed by atoms with E-state index < -0.39 is 21.7 Å². The number of hydrogen-bond acceptors (Lipinski definition) is 3. The van der Waals surface area contributed by atoms with Crippen LogP contribution in [0, 0.1) is 17.6 Å². The van der Waals surface area contributed by atoms with Crippen LogP contribution in [0.1, 0.15) is 31.2 Å². The highest BCUT2D eigenvalue weighted by atomic mass is 32.2. The first-order chi connectivity index (χ1) is 11.8. The molecule has 1 heterocycles. The van der Waals surface area contributed by atoms with Crippen LogP contribution in [0.3, 0.4) is 0 Å². The molecule has 0 radical (unpaired) electrons. The fraction of sp³-hybridized carbons (Fsp3) is 0.667. The van der Waals surface area contributed by atoms with Crippen molar-refractivity contribution in [2.45, 2.75) is 32.1 Å². The lowest BCUT2D eigenvalue weighted by Crippen LogP contribution is -2.37. The van der Waals surface area contributed by atoms with E-state index in [1.165, 1.54) is 22.5 Å². The molecule has 0 bridgehead atoms. The monoisotopic (exact) mass is 374 g/mol. The van der Waals surface area contributed by atoms with E-state index in [0.717, 1.165) is 38.9 Å². The molecule has 0 saturated carbocycles. The Labute approximate surface area is 149 Å². The first-order valence-corrected chi connectivity index (χ1v) is 10.5. The van der Waals surface area contributed by atoms with Crippen molar-refractivity contribution >= 4 is 10.0 Å². The Morgan fingerprint density at radius 3 is 2.56 bits per heavy atom. The van der Waals surface area contributed by atoms with Gasteiger partial charge in [0.25, 0.3) is 0 Å². The molecule has 0 spiro atoms. The molecule has 1 unspecified atom stereocenters. The number of halogens is 2. The van der Waals surface area contributed by atoms with E-state index in [1.54, 1.807) is 14.1 Å². The normalized spacial score (nSPS) is 19.5. The van der Waals surface area contributed by atoms with Gasteiger partial charge in [-0.05, 0) is 63.2 Å². The molecular formula is C18H28F2N2O2S. The zero-order valence-electron chi connectivity index (χ0n) is 15.0. The van der Waals surface area contributed by atoms with E-state index in [2.05, 4.69) is 4.90 Å². The lowest BCUT2D eigenvalue weighted by atomic mass is 9.91. The summed E-state index contributed by atoms with van der Waals surface area (Å²) in [5.74, 6) is -0.386. The molecule has 0 aromatic heterocycles. The standard InChI is InChI=1S/C18H28F2N2O2S/c1-21(2)25(23,24)13-5-12-22-11-4-6-15(14-22)9-10-16-17(19)7-3-8-18(16)20/h3,7-8,15H,4-6,9-14H2,1-2H3. The summed E-state index contributed by atoms with van der Waals surface area (Å²) in [5, 5.41) is 0. The summed E-state index contributed by atoms with van der Waals surface area (Å²) in [6.07, 6.45) is 3.87. The fourth-order valence-electron chi connectivity index (χ4n) is 3.36. The van der Waals surface area contributed by atoms with Crippen LogP contribution in [0.15, 0.2) is 18.2 Å². The van der Waals surface area contributed by atoms with Crippen LogP contribution < -0.4 is 0 Å². The SMILES string of the molecule is CN(C)S(=O)(=O)CCCN1CCCC(CCc2c(F)cccc2F)C1. The van der Waals surface area contributed by atoms with E-state index in [-0.39, 0.29) is 11.3 Å². The Bertz CT molecular complexity index is 645. The topological polar surface area (TPSA) is 40.6 Å². The van der Waals surface area contributed by atoms with Crippen molar-refractivity contribution < 1.29 is 17.2 Å². The highest BCUT2D eigenvalue weighted by Crippen LogP contribution is 2.23. The molecule has 0 amide bonds. The summed E-state index contributed by atoms with van der Waals surface area (Å²) < 4.78 is 52.3.